The Morgan fingerprint density at radius 3 is 0.955 bits per heavy atom. The maximum absolute atomic E-state index is 13.0. The summed E-state index contributed by atoms with van der Waals surface area (Å²) in [6, 6.07) is 0. The Balaban J connectivity index is 1.07. The molecule has 44 heavy (non-hydrogen) atoms. The second-order valence-electron chi connectivity index (χ2n) is 16.3. The molecule has 8 bridgehead atoms. The molecule has 248 valence electrons. The third kappa shape index (κ3) is 5.11. The lowest BCUT2D eigenvalue weighted by Crippen LogP contribution is -2.62. The zero-order valence-electron chi connectivity index (χ0n) is 26.2. The Kier molecular flexibility index (Phi) is 8.00. The summed E-state index contributed by atoms with van der Waals surface area (Å²) < 4.78 is 13.0. The van der Waals surface area contributed by atoms with E-state index < -0.39 is 13.3 Å². The van der Waals surface area contributed by atoms with Crippen LogP contribution in [0.15, 0.2) is 0 Å². The first-order chi connectivity index (χ1) is 21.4. The first kappa shape index (κ1) is 29.9. The molecule has 17 unspecified atom stereocenters. The molecular formula is C32H57N8O3P. The van der Waals surface area contributed by atoms with Crippen LogP contribution in [0.1, 0.15) is 96.3 Å². The standard InChI is InChI=1S/C32H57N8O3P/c41-44(42,43)23-15-7-14-22-24(23)32-39-30-21-13-6-5-12-20(21)28(37-30)35-26-17-9-2-1-8-16(17)25(33-26)34-27-18-10-3-4-11-19(18)29(36-27)38-31(22)40-32/h16-40H,1-15H2,(H2,41,42,43). The van der Waals surface area contributed by atoms with Crippen LogP contribution < -0.4 is 42.5 Å². The predicted molar refractivity (Wildman–Crippen MR) is 168 cm³/mol. The topological polar surface area (TPSA) is 154 Å². The molecule has 9 aliphatic rings. The smallest absolute Gasteiger partial charge is 0.324 e. The molecule has 0 aromatic carbocycles. The average molecular weight is 633 g/mol. The molecule has 0 aromatic heterocycles. The van der Waals surface area contributed by atoms with Gasteiger partial charge in [0.1, 0.15) is 0 Å². The van der Waals surface area contributed by atoms with Crippen molar-refractivity contribution in [1.29, 1.82) is 0 Å². The lowest BCUT2D eigenvalue weighted by molar-refractivity contribution is 0.163. The molecule has 12 heteroatoms. The summed E-state index contributed by atoms with van der Waals surface area (Å²) in [7, 11) is -4.23. The molecule has 5 saturated heterocycles. The first-order valence-electron chi connectivity index (χ1n) is 18.6. The molecule has 10 N–H and O–H groups in total. The summed E-state index contributed by atoms with van der Waals surface area (Å²) in [6.07, 6.45) is 19.3. The van der Waals surface area contributed by atoms with Gasteiger partial charge in [-0.15, -0.1) is 0 Å². The van der Waals surface area contributed by atoms with Crippen molar-refractivity contribution in [2.24, 2.45) is 47.3 Å². The fourth-order valence-electron chi connectivity index (χ4n) is 12.4. The van der Waals surface area contributed by atoms with Crippen molar-refractivity contribution in [2.45, 2.75) is 151 Å². The first-order valence-corrected chi connectivity index (χ1v) is 20.2. The number of nitrogens with one attached hydrogen (secondary N) is 8. The van der Waals surface area contributed by atoms with E-state index in [-0.39, 0.29) is 48.8 Å². The minimum atomic E-state index is -4.23. The average Bonchev–Trinajstić information content (AvgIpc) is 3.76. The zero-order chi connectivity index (χ0) is 29.6. The van der Waals surface area contributed by atoms with Crippen LogP contribution in [0.3, 0.4) is 0 Å². The molecule has 0 amide bonds. The van der Waals surface area contributed by atoms with Crippen LogP contribution in [0.5, 0.6) is 0 Å². The van der Waals surface area contributed by atoms with E-state index >= 15 is 0 Å². The van der Waals surface area contributed by atoms with Crippen molar-refractivity contribution in [2.75, 3.05) is 0 Å². The van der Waals surface area contributed by atoms with Crippen LogP contribution >= 0.6 is 7.60 Å². The van der Waals surface area contributed by atoms with Crippen molar-refractivity contribution in [3.63, 3.8) is 0 Å². The van der Waals surface area contributed by atoms with Crippen molar-refractivity contribution in [3.05, 3.63) is 0 Å². The molecule has 5 heterocycles. The van der Waals surface area contributed by atoms with E-state index in [9.17, 15) is 14.4 Å². The van der Waals surface area contributed by atoms with Gasteiger partial charge in [0.15, 0.2) is 0 Å². The van der Waals surface area contributed by atoms with Gasteiger partial charge in [0.2, 0.25) is 0 Å². The third-order valence-electron chi connectivity index (χ3n) is 14.3. The normalized spacial score (nSPS) is 55.5. The summed E-state index contributed by atoms with van der Waals surface area (Å²) >= 11 is 0. The van der Waals surface area contributed by atoms with Gasteiger partial charge in [-0.25, -0.2) is 0 Å². The summed E-state index contributed by atoms with van der Waals surface area (Å²) in [6.45, 7) is 0. The Morgan fingerprint density at radius 2 is 0.636 bits per heavy atom. The Morgan fingerprint density at radius 1 is 0.364 bits per heavy atom. The highest BCUT2D eigenvalue weighted by molar-refractivity contribution is 7.52. The van der Waals surface area contributed by atoms with Crippen molar-refractivity contribution >= 4 is 7.60 Å². The largest absolute Gasteiger partial charge is 0.329 e. The highest BCUT2D eigenvalue weighted by Crippen LogP contribution is 2.55. The molecule has 0 aromatic rings. The maximum Gasteiger partial charge on any atom is 0.329 e. The fourth-order valence-corrected chi connectivity index (χ4v) is 13.8. The van der Waals surface area contributed by atoms with E-state index in [1.807, 2.05) is 0 Å². The summed E-state index contributed by atoms with van der Waals surface area (Å²) in [5.74, 6) is 3.70. The monoisotopic (exact) mass is 632 g/mol. The van der Waals surface area contributed by atoms with E-state index in [0.717, 1.165) is 12.8 Å². The molecule has 9 fully saturated rings. The second kappa shape index (κ2) is 11.8. The zero-order valence-corrected chi connectivity index (χ0v) is 27.1. The van der Waals surface area contributed by atoms with Crippen molar-refractivity contribution in [1.82, 2.24) is 42.5 Å². The van der Waals surface area contributed by atoms with Gasteiger partial charge >= 0.3 is 7.60 Å². The number of rotatable bonds is 1. The van der Waals surface area contributed by atoms with Gasteiger partial charge in [0.25, 0.3) is 0 Å². The quantitative estimate of drug-likeness (QED) is 0.193. The number of fused-ring (bicyclic) bond motifs is 20. The molecule has 0 spiro atoms. The summed E-state index contributed by atoms with van der Waals surface area (Å²) in [4.78, 5) is 21.2. The summed E-state index contributed by atoms with van der Waals surface area (Å²) in [5, 5.41) is 32.6. The van der Waals surface area contributed by atoms with E-state index in [0.29, 0.717) is 54.3 Å². The van der Waals surface area contributed by atoms with Crippen LogP contribution in [-0.2, 0) is 4.57 Å². The fraction of sp³-hybridized carbons (Fsp3) is 1.00. The van der Waals surface area contributed by atoms with Gasteiger partial charge in [0.05, 0.1) is 55.0 Å². The maximum atomic E-state index is 13.0. The van der Waals surface area contributed by atoms with E-state index in [4.69, 9.17) is 0 Å². The molecule has 4 aliphatic carbocycles. The second-order valence-corrected chi connectivity index (χ2v) is 18.2. The molecule has 4 saturated carbocycles. The summed E-state index contributed by atoms with van der Waals surface area (Å²) in [5.41, 5.74) is -0.589. The van der Waals surface area contributed by atoms with E-state index in [1.54, 1.807) is 0 Å². The van der Waals surface area contributed by atoms with Gasteiger partial charge in [-0.1, -0.05) is 44.9 Å². The lowest BCUT2D eigenvalue weighted by Gasteiger charge is -2.39. The van der Waals surface area contributed by atoms with Gasteiger partial charge in [-0.2, -0.15) is 0 Å². The van der Waals surface area contributed by atoms with Gasteiger partial charge in [0, 0.05) is 5.92 Å². The Labute approximate surface area is 262 Å². The molecule has 11 nitrogen and oxygen atoms in total. The van der Waals surface area contributed by atoms with Crippen LogP contribution in [0, 0.1) is 47.3 Å². The van der Waals surface area contributed by atoms with E-state index in [2.05, 4.69) is 42.5 Å². The van der Waals surface area contributed by atoms with Crippen LogP contribution in [0.25, 0.3) is 0 Å². The van der Waals surface area contributed by atoms with Gasteiger partial charge < -0.3 is 9.79 Å². The lowest BCUT2D eigenvalue weighted by atomic mass is 9.76. The van der Waals surface area contributed by atoms with E-state index in [1.165, 1.54) is 77.0 Å². The molecule has 17 atom stereocenters. The molecule has 5 aliphatic heterocycles. The SMILES string of the molecule is O=P(O)(O)C1CCCC2C3NC4NC(NC5NC(NC6NC(NC(N3)C21)C1CCCCC61)C1CCCCC51)C1CCCCC41. The molecule has 9 rings (SSSR count). The number of hydrogen-bond acceptors (Lipinski definition) is 9. The molecular weight excluding hydrogens is 575 g/mol. The Hall–Kier alpha value is -0.170. The van der Waals surface area contributed by atoms with Crippen LogP contribution in [0.4, 0.5) is 0 Å². The van der Waals surface area contributed by atoms with Gasteiger partial charge in [-0.3, -0.25) is 47.1 Å². The van der Waals surface area contributed by atoms with Crippen LogP contribution in [0.2, 0.25) is 0 Å². The van der Waals surface area contributed by atoms with Gasteiger partial charge in [-0.05, 0) is 92.8 Å². The minimum Gasteiger partial charge on any atom is -0.324 e. The Bertz CT molecular complexity index is 1110. The third-order valence-corrected chi connectivity index (χ3v) is 15.8. The molecule has 0 radical (unpaired) electrons. The number of hydrogen-bond donors (Lipinski definition) is 10. The minimum absolute atomic E-state index is 0.0350. The predicted octanol–water partition coefficient (Wildman–Crippen LogP) is 1.76. The van der Waals surface area contributed by atoms with Crippen LogP contribution in [-0.4, -0.2) is 64.8 Å². The highest BCUT2D eigenvalue weighted by Gasteiger charge is 2.57. The van der Waals surface area contributed by atoms with Crippen molar-refractivity contribution < 1.29 is 14.4 Å². The van der Waals surface area contributed by atoms with Crippen molar-refractivity contribution in [3.8, 4) is 0 Å². The highest BCUT2D eigenvalue weighted by atomic mass is 31.2.